The van der Waals surface area contributed by atoms with Gasteiger partial charge in [0.05, 0.1) is 11.6 Å². The van der Waals surface area contributed by atoms with Gasteiger partial charge in [-0.1, -0.05) is 11.6 Å². The van der Waals surface area contributed by atoms with Gasteiger partial charge in [-0.25, -0.2) is 4.98 Å². The molecule has 0 aliphatic heterocycles. The predicted molar refractivity (Wildman–Crippen MR) is 58.0 cm³/mol. The SMILES string of the molecule is Cn1cc(Cl)cc1C(=O)NCc1ncn[nH]1. The lowest BCUT2D eigenvalue weighted by atomic mass is 10.4. The first-order chi connectivity index (χ1) is 7.66. The number of hydrogen-bond donors (Lipinski definition) is 2. The third-order valence-electron chi connectivity index (χ3n) is 2.09. The highest BCUT2D eigenvalue weighted by molar-refractivity contribution is 6.31. The molecule has 0 spiro atoms. The van der Waals surface area contributed by atoms with Crippen LogP contribution < -0.4 is 5.32 Å². The Kier molecular flexibility index (Phi) is 2.91. The van der Waals surface area contributed by atoms with Gasteiger partial charge in [0.15, 0.2) is 0 Å². The third-order valence-corrected chi connectivity index (χ3v) is 2.29. The normalized spacial score (nSPS) is 10.4. The fourth-order valence-electron chi connectivity index (χ4n) is 1.32. The molecule has 0 saturated carbocycles. The van der Waals surface area contributed by atoms with Gasteiger partial charge in [-0.3, -0.25) is 9.89 Å². The molecule has 84 valence electrons. The minimum atomic E-state index is -0.203. The van der Waals surface area contributed by atoms with Crippen molar-refractivity contribution in [3.05, 3.63) is 35.1 Å². The number of carbonyl (C=O) groups is 1. The lowest BCUT2D eigenvalue weighted by Gasteiger charge is -2.03. The van der Waals surface area contributed by atoms with Crippen LogP contribution in [0.2, 0.25) is 5.02 Å². The van der Waals surface area contributed by atoms with Crippen LogP contribution in [0, 0.1) is 0 Å². The summed E-state index contributed by atoms with van der Waals surface area (Å²) in [5.41, 5.74) is 0.504. The summed E-state index contributed by atoms with van der Waals surface area (Å²) in [5.74, 6) is 0.402. The molecular formula is C9H10ClN5O. The molecule has 2 heterocycles. The van der Waals surface area contributed by atoms with Gasteiger partial charge in [0.1, 0.15) is 17.8 Å². The van der Waals surface area contributed by atoms with Crippen molar-refractivity contribution in [1.82, 2.24) is 25.1 Å². The van der Waals surface area contributed by atoms with Gasteiger partial charge in [-0.2, -0.15) is 5.10 Å². The third kappa shape index (κ3) is 2.22. The Morgan fingerprint density at radius 2 is 2.50 bits per heavy atom. The summed E-state index contributed by atoms with van der Waals surface area (Å²) in [7, 11) is 1.76. The molecule has 0 aromatic carbocycles. The van der Waals surface area contributed by atoms with Crippen LogP contribution in [-0.2, 0) is 13.6 Å². The Hall–Kier alpha value is -1.82. The first kappa shape index (κ1) is 10.7. The van der Waals surface area contributed by atoms with Crippen molar-refractivity contribution in [1.29, 1.82) is 0 Å². The van der Waals surface area contributed by atoms with Gasteiger partial charge < -0.3 is 9.88 Å². The van der Waals surface area contributed by atoms with Crippen molar-refractivity contribution in [2.75, 3.05) is 0 Å². The first-order valence-electron chi connectivity index (χ1n) is 4.61. The average molecular weight is 240 g/mol. The van der Waals surface area contributed by atoms with Crippen molar-refractivity contribution >= 4 is 17.5 Å². The van der Waals surface area contributed by atoms with E-state index in [9.17, 15) is 4.79 Å². The van der Waals surface area contributed by atoms with E-state index < -0.39 is 0 Å². The molecule has 2 aromatic heterocycles. The molecule has 0 aliphatic rings. The Balaban J connectivity index is 2.01. The highest BCUT2D eigenvalue weighted by Gasteiger charge is 2.10. The molecule has 0 unspecified atom stereocenters. The second-order valence-corrected chi connectivity index (χ2v) is 3.71. The number of H-pyrrole nitrogens is 1. The van der Waals surface area contributed by atoms with Gasteiger partial charge in [0, 0.05) is 13.2 Å². The minimum Gasteiger partial charge on any atom is -0.345 e. The van der Waals surface area contributed by atoms with E-state index in [1.807, 2.05) is 0 Å². The lowest BCUT2D eigenvalue weighted by Crippen LogP contribution is -2.25. The number of halogens is 1. The molecule has 2 rings (SSSR count). The van der Waals surface area contributed by atoms with Crippen LogP contribution in [0.1, 0.15) is 16.3 Å². The second-order valence-electron chi connectivity index (χ2n) is 3.27. The van der Waals surface area contributed by atoms with E-state index >= 15 is 0 Å². The molecule has 1 amide bonds. The average Bonchev–Trinajstić information content (AvgIpc) is 2.84. The number of carbonyl (C=O) groups excluding carboxylic acids is 1. The summed E-state index contributed by atoms with van der Waals surface area (Å²) in [6.07, 6.45) is 3.06. The van der Waals surface area contributed by atoms with Crippen molar-refractivity contribution in [2.45, 2.75) is 6.54 Å². The number of nitrogens with one attached hydrogen (secondary N) is 2. The number of nitrogens with zero attached hydrogens (tertiary/aromatic N) is 3. The summed E-state index contributed by atoms with van der Waals surface area (Å²) in [5, 5.41) is 9.57. The predicted octanol–water partition coefficient (Wildman–Crippen LogP) is 0.727. The number of hydrogen-bond acceptors (Lipinski definition) is 3. The van der Waals surface area contributed by atoms with Crippen LogP contribution in [0.15, 0.2) is 18.6 Å². The van der Waals surface area contributed by atoms with Gasteiger partial charge in [-0.15, -0.1) is 0 Å². The Labute approximate surface area is 96.6 Å². The molecule has 0 radical (unpaired) electrons. The molecule has 6 nitrogen and oxygen atoms in total. The number of aromatic nitrogens is 4. The van der Waals surface area contributed by atoms with Crippen LogP contribution in [0.25, 0.3) is 0 Å². The smallest absolute Gasteiger partial charge is 0.268 e. The fraction of sp³-hybridized carbons (Fsp3) is 0.222. The monoisotopic (exact) mass is 239 g/mol. The highest BCUT2D eigenvalue weighted by Crippen LogP contribution is 2.12. The zero-order valence-corrected chi connectivity index (χ0v) is 9.32. The van der Waals surface area contributed by atoms with Crippen LogP contribution in [0.3, 0.4) is 0 Å². The zero-order valence-electron chi connectivity index (χ0n) is 8.57. The molecule has 0 saturated heterocycles. The van der Waals surface area contributed by atoms with Gasteiger partial charge in [-0.05, 0) is 6.07 Å². The Morgan fingerprint density at radius 1 is 1.69 bits per heavy atom. The van der Waals surface area contributed by atoms with E-state index in [-0.39, 0.29) is 5.91 Å². The lowest BCUT2D eigenvalue weighted by molar-refractivity contribution is 0.0942. The Bertz CT molecular complexity index is 490. The first-order valence-corrected chi connectivity index (χ1v) is 4.99. The van der Waals surface area contributed by atoms with Crippen LogP contribution in [0.4, 0.5) is 0 Å². The largest absolute Gasteiger partial charge is 0.345 e. The van der Waals surface area contributed by atoms with Gasteiger partial charge in [0.25, 0.3) is 5.91 Å². The van der Waals surface area contributed by atoms with E-state index in [0.29, 0.717) is 23.1 Å². The maximum Gasteiger partial charge on any atom is 0.268 e. The summed E-state index contributed by atoms with van der Waals surface area (Å²) in [4.78, 5) is 15.6. The molecule has 0 bridgehead atoms. The zero-order chi connectivity index (χ0) is 11.5. The van der Waals surface area contributed by atoms with E-state index in [2.05, 4.69) is 20.5 Å². The van der Waals surface area contributed by atoms with E-state index in [0.717, 1.165) is 0 Å². The molecule has 0 fully saturated rings. The van der Waals surface area contributed by atoms with E-state index in [1.165, 1.54) is 6.33 Å². The topological polar surface area (TPSA) is 75.6 Å². The van der Waals surface area contributed by atoms with E-state index in [1.54, 1.807) is 23.9 Å². The number of aromatic amines is 1. The number of amides is 1. The maximum atomic E-state index is 11.7. The summed E-state index contributed by atoms with van der Waals surface area (Å²) >= 11 is 5.78. The molecule has 0 aliphatic carbocycles. The van der Waals surface area contributed by atoms with Crippen molar-refractivity contribution in [2.24, 2.45) is 7.05 Å². The summed E-state index contributed by atoms with van der Waals surface area (Å²) in [6, 6.07) is 1.61. The van der Waals surface area contributed by atoms with E-state index in [4.69, 9.17) is 11.6 Å². The van der Waals surface area contributed by atoms with Crippen LogP contribution in [0.5, 0.6) is 0 Å². The minimum absolute atomic E-state index is 0.203. The van der Waals surface area contributed by atoms with Crippen molar-refractivity contribution in [3.63, 3.8) is 0 Å². The Morgan fingerprint density at radius 3 is 3.06 bits per heavy atom. The fourth-order valence-corrected chi connectivity index (χ4v) is 1.57. The summed E-state index contributed by atoms with van der Waals surface area (Å²) in [6.45, 7) is 0.307. The molecule has 0 atom stereocenters. The second kappa shape index (κ2) is 4.36. The van der Waals surface area contributed by atoms with Gasteiger partial charge >= 0.3 is 0 Å². The van der Waals surface area contributed by atoms with Crippen LogP contribution >= 0.6 is 11.6 Å². The highest BCUT2D eigenvalue weighted by atomic mass is 35.5. The molecule has 16 heavy (non-hydrogen) atoms. The van der Waals surface area contributed by atoms with Crippen molar-refractivity contribution in [3.8, 4) is 0 Å². The quantitative estimate of drug-likeness (QED) is 0.829. The maximum absolute atomic E-state index is 11.7. The molecule has 7 heteroatoms. The summed E-state index contributed by atoms with van der Waals surface area (Å²) < 4.78 is 1.66. The molecular weight excluding hydrogens is 230 g/mol. The number of aryl methyl sites for hydroxylation is 1. The van der Waals surface area contributed by atoms with Gasteiger partial charge in [0.2, 0.25) is 0 Å². The van der Waals surface area contributed by atoms with Crippen LogP contribution in [-0.4, -0.2) is 25.7 Å². The van der Waals surface area contributed by atoms with Crippen molar-refractivity contribution < 1.29 is 4.79 Å². The molecule has 2 N–H and O–H groups in total. The number of rotatable bonds is 3. The molecule has 2 aromatic rings. The standard InChI is InChI=1S/C9H10ClN5O/c1-15-4-6(10)2-7(15)9(16)11-3-8-12-5-13-14-8/h2,4-5H,3H2,1H3,(H,11,16)(H,12,13,14).